The van der Waals surface area contributed by atoms with Gasteiger partial charge in [-0.2, -0.15) is 0 Å². The molecule has 94 valence electrons. The lowest BCUT2D eigenvalue weighted by Crippen LogP contribution is -2.03. The van der Waals surface area contributed by atoms with Crippen molar-refractivity contribution in [1.29, 1.82) is 0 Å². The highest BCUT2D eigenvalue weighted by atomic mass is 79.9. The number of rotatable bonds is 3. The molecular formula is C15H15Br2N. The molecule has 2 aromatic rings. The van der Waals surface area contributed by atoms with Gasteiger partial charge in [0.15, 0.2) is 0 Å². The molecule has 0 fully saturated rings. The standard InChI is InChI=1S/C15H15Br2N/c1-10-6-14(17)7-11(2)15(10)18-9-12-4-3-5-13(16)8-12/h3-8,18H,9H2,1-2H3. The van der Waals surface area contributed by atoms with Gasteiger partial charge in [-0.25, -0.2) is 0 Å². The minimum atomic E-state index is 0.836. The van der Waals surface area contributed by atoms with Crippen LogP contribution >= 0.6 is 31.9 Å². The second-order valence-corrected chi connectivity index (χ2v) is 6.23. The molecule has 2 rings (SSSR count). The molecule has 1 N–H and O–H groups in total. The number of hydrogen-bond acceptors (Lipinski definition) is 1. The summed E-state index contributed by atoms with van der Waals surface area (Å²) in [5.74, 6) is 0. The Bertz CT molecular complexity index is 541. The molecular weight excluding hydrogens is 354 g/mol. The predicted molar refractivity (Wildman–Crippen MR) is 85.1 cm³/mol. The summed E-state index contributed by atoms with van der Waals surface area (Å²) < 4.78 is 2.25. The first kappa shape index (κ1) is 13.6. The van der Waals surface area contributed by atoms with Gasteiger partial charge in [0.05, 0.1) is 0 Å². The van der Waals surface area contributed by atoms with Gasteiger partial charge in [0.2, 0.25) is 0 Å². The first-order valence-electron chi connectivity index (χ1n) is 5.81. The van der Waals surface area contributed by atoms with Crippen LogP contribution in [0, 0.1) is 13.8 Å². The van der Waals surface area contributed by atoms with Gasteiger partial charge in [0, 0.05) is 21.2 Å². The SMILES string of the molecule is Cc1cc(Br)cc(C)c1NCc1cccc(Br)c1. The summed E-state index contributed by atoms with van der Waals surface area (Å²) >= 11 is 7.01. The third-order valence-electron chi connectivity index (χ3n) is 2.86. The number of hydrogen-bond donors (Lipinski definition) is 1. The van der Waals surface area contributed by atoms with E-state index in [2.05, 4.69) is 81.4 Å². The number of benzene rings is 2. The van der Waals surface area contributed by atoms with Crippen molar-refractivity contribution in [2.24, 2.45) is 0 Å². The monoisotopic (exact) mass is 367 g/mol. The molecule has 0 spiro atoms. The molecule has 0 amide bonds. The third kappa shape index (κ3) is 3.36. The smallest absolute Gasteiger partial charge is 0.0403 e. The predicted octanol–water partition coefficient (Wildman–Crippen LogP) is 5.44. The molecule has 0 aliphatic carbocycles. The van der Waals surface area contributed by atoms with Crippen LogP contribution in [0.15, 0.2) is 45.3 Å². The van der Waals surface area contributed by atoms with Crippen molar-refractivity contribution in [3.05, 3.63) is 62.0 Å². The van der Waals surface area contributed by atoms with Gasteiger partial charge in [-0.15, -0.1) is 0 Å². The van der Waals surface area contributed by atoms with Crippen molar-refractivity contribution < 1.29 is 0 Å². The van der Waals surface area contributed by atoms with E-state index in [1.54, 1.807) is 0 Å². The lowest BCUT2D eigenvalue weighted by Gasteiger charge is -2.13. The van der Waals surface area contributed by atoms with E-state index in [0.29, 0.717) is 0 Å². The Balaban J connectivity index is 2.16. The maximum atomic E-state index is 3.52. The number of nitrogens with one attached hydrogen (secondary N) is 1. The van der Waals surface area contributed by atoms with Crippen LogP contribution in [-0.4, -0.2) is 0 Å². The Labute approximate surface area is 125 Å². The van der Waals surface area contributed by atoms with Gasteiger partial charge in [0.25, 0.3) is 0 Å². The lowest BCUT2D eigenvalue weighted by molar-refractivity contribution is 1.13. The summed E-state index contributed by atoms with van der Waals surface area (Å²) in [6.45, 7) is 5.09. The van der Waals surface area contributed by atoms with Crippen LogP contribution in [0.3, 0.4) is 0 Å². The fourth-order valence-electron chi connectivity index (χ4n) is 2.03. The highest BCUT2D eigenvalue weighted by Crippen LogP contribution is 2.25. The second kappa shape index (κ2) is 5.89. The zero-order valence-corrected chi connectivity index (χ0v) is 13.6. The molecule has 2 aromatic carbocycles. The molecule has 0 bridgehead atoms. The average molecular weight is 369 g/mol. The molecule has 0 aliphatic heterocycles. The maximum absolute atomic E-state index is 3.52. The molecule has 0 atom stereocenters. The summed E-state index contributed by atoms with van der Waals surface area (Å²) in [5, 5.41) is 3.51. The van der Waals surface area contributed by atoms with E-state index in [1.165, 1.54) is 22.4 Å². The van der Waals surface area contributed by atoms with Crippen LogP contribution < -0.4 is 5.32 Å². The molecule has 18 heavy (non-hydrogen) atoms. The van der Waals surface area contributed by atoms with Crippen LogP contribution in [0.2, 0.25) is 0 Å². The summed E-state index contributed by atoms with van der Waals surface area (Å²) in [6.07, 6.45) is 0. The van der Waals surface area contributed by atoms with E-state index in [1.807, 2.05) is 6.07 Å². The molecule has 0 saturated heterocycles. The zero-order valence-electron chi connectivity index (χ0n) is 10.4. The van der Waals surface area contributed by atoms with E-state index in [0.717, 1.165) is 15.5 Å². The van der Waals surface area contributed by atoms with Crippen LogP contribution in [0.5, 0.6) is 0 Å². The van der Waals surface area contributed by atoms with Gasteiger partial charge in [-0.1, -0.05) is 44.0 Å². The minimum Gasteiger partial charge on any atom is -0.381 e. The van der Waals surface area contributed by atoms with Gasteiger partial charge in [-0.3, -0.25) is 0 Å². The molecule has 0 heterocycles. The van der Waals surface area contributed by atoms with Gasteiger partial charge < -0.3 is 5.32 Å². The Morgan fingerprint density at radius 1 is 0.944 bits per heavy atom. The Kier molecular flexibility index (Phi) is 4.46. The fraction of sp³-hybridized carbons (Fsp3) is 0.200. The number of aryl methyl sites for hydroxylation is 2. The largest absolute Gasteiger partial charge is 0.381 e. The summed E-state index contributed by atoms with van der Waals surface area (Å²) in [6, 6.07) is 12.6. The van der Waals surface area contributed by atoms with Crippen molar-refractivity contribution in [3.63, 3.8) is 0 Å². The van der Waals surface area contributed by atoms with Crippen molar-refractivity contribution in [2.45, 2.75) is 20.4 Å². The molecule has 0 radical (unpaired) electrons. The highest BCUT2D eigenvalue weighted by molar-refractivity contribution is 9.10. The van der Waals surface area contributed by atoms with Gasteiger partial charge in [0.1, 0.15) is 0 Å². The summed E-state index contributed by atoms with van der Waals surface area (Å²) in [5.41, 5.74) is 5.01. The quantitative estimate of drug-likeness (QED) is 0.760. The first-order valence-corrected chi connectivity index (χ1v) is 7.40. The lowest BCUT2D eigenvalue weighted by atomic mass is 10.1. The van der Waals surface area contributed by atoms with Crippen LogP contribution in [0.25, 0.3) is 0 Å². The summed E-state index contributed by atoms with van der Waals surface area (Å²) in [7, 11) is 0. The van der Waals surface area contributed by atoms with Gasteiger partial charge >= 0.3 is 0 Å². The van der Waals surface area contributed by atoms with Crippen LogP contribution in [0.4, 0.5) is 5.69 Å². The van der Waals surface area contributed by atoms with Crippen molar-refractivity contribution in [3.8, 4) is 0 Å². The van der Waals surface area contributed by atoms with Gasteiger partial charge in [-0.05, 0) is 54.8 Å². The van der Waals surface area contributed by atoms with Crippen molar-refractivity contribution in [2.75, 3.05) is 5.32 Å². The molecule has 0 unspecified atom stereocenters. The van der Waals surface area contributed by atoms with E-state index < -0.39 is 0 Å². The van der Waals surface area contributed by atoms with E-state index in [-0.39, 0.29) is 0 Å². The van der Waals surface area contributed by atoms with E-state index in [9.17, 15) is 0 Å². The van der Waals surface area contributed by atoms with E-state index in [4.69, 9.17) is 0 Å². The van der Waals surface area contributed by atoms with Crippen LogP contribution in [0.1, 0.15) is 16.7 Å². The Hall–Kier alpha value is -0.800. The Morgan fingerprint density at radius 3 is 2.22 bits per heavy atom. The summed E-state index contributed by atoms with van der Waals surface area (Å²) in [4.78, 5) is 0. The van der Waals surface area contributed by atoms with Crippen molar-refractivity contribution in [1.82, 2.24) is 0 Å². The number of anilines is 1. The minimum absolute atomic E-state index is 0.836. The Morgan fingerprint density at radius 2 is 1.61 bits per heavy atom. The molecule has 0 saturated carbocycles. The van der Waals surface area contributed by atoms with Crippen molar-refractivity contribution >= 4 is 37.5 Å². The molecule has 0 aliphatic rings. The third-order valence-corrected chi connectivity index (χ3v) is 3.81. The van der Waals surface area contributed by atoms with Crippen LogP contribution in [-0.2, 0) is 6.54 Å². The normalized spacial score (nSPS) is 10.4. The molecule has 3 heteroatoms. The fourth-order valence-corrected chi connectivity index (χ4v) is 3.16. The van der Waals surface area contributed by atoms with E-state index >= 15 is 0 Å². The number of halogens is 2. The first-order chi connectivity index (χ1) is 8.56. The topological polar surface area (TPSA) is 12.0 Å². The highest BCUT2D eigenvalue weighted by Gasteiger charge is 2.04. The zero-order chi connectivity index (χ0) is 13.1. The average Bonchev–Trinajstić information content (AvgIpc) is 2.27. The molecule has 0 aromatic heterocycles. The molecule has 1 nitrogen and oxygen atoms in total. The second-order valence-electron chi connectivity index (χ2n) is 4.40. The maximum Gasteiger partial charge on any atom is 0.0403 e.